The second kappa shape index (κ2) is 6.89. The summed E-state index contributed by atoms with van der Waals surface area (Å²) in [4.78, 5) is 12.1. The van der Waals surface area contributed by atoms with Crippen molar-refractivity contribution < 1.29 is 9.90 Å². The normalized spacial score (nSPS) is 19.6. The third-order valence-electron chi connectivity index (χ3n) is 4.51. The summed E-state index contributed by atoms with van der Waals surface area (Å²) in [5.41, 5.74) is 0.336. The van der Waals surface area contributed by atoms with Crippen molar-refractivity contribution in [3.63, 3.8) is 0 Å². The van der Waals surface area contributed by atoms with Crippen molar-refractivity contribution in [1.29, 1.82) is 0 Å². The number of rotatable bonds is 5. The highest BCUT2D eigenvalue weighted by atomic mass is 16.3. The molecule has 1 unspecified atom stereocenters. The highest BCUT2D eigenvalue weighted by Gasteiger charge is 2.35. The first-order chi connectivity index (χ1) is 10.0. The Morgan fingerprint density at radius 1 is 1.52 bits per heavy atom. The molecular weight excluding hydrogens is 266 g/mol. The maximum Gasteiger partial charge on any atom is 0.244 e. The van der Waals surface area contributed by atoms with E-state index in [4.69, 9.17) is 0 Å². The zero-order valence-electron chi connectivity index (χ0n) is 12.9. The van der Waals surface area contributed by atoms with Crippen molar-refractivity contribution in [3.8, 4) is 0 Å². The van der Waals surface area contributed by atoms with Crippen LogP contribution in [0.15, 0.2) is 18.3 Å². The van der Waals surface area contributed by atoms with Gasteiger partial charge in [-0.15, -0.1) is 0 Å². The van der Waals surface area contributed by atoms with Gasteiger partial charge in [-0.25, -0.2) is 0 Å². The van der Waals surface area contributed by atoms with Crippen LogP contribution < -0.4 is 5.32 Å². The second-order valence-corrected chi connectivity index (χ2v) is 6.11. The molecule has 1 aliphatic rings. The van der Waals surface area contributed by atoms with Gasteiger partial charge in [0.05, 0.1) is 17.8 Å². The number of aryl methyl sites for hydroxylation is 1. The van der Waals surface area contributed by atoms with Crippen LogP contribution in [0, 0.1) is 5.92 Å². The highest BCUT2D eigenvalue weighted by Crippen LogP contribution is 2.32. The fourth-order valence-electron chi connectivity index (χ4n) is 3.04. The highest BCUT2D eigenvalue weighted by molar-refractivity contribution is 5.92. The summed E-state index contributed by atoms with van der Waals surface area (Å²) in [5.74, 6) is 0.184. The van der Waals surface area contributed by atoms with Gasteiger partial charge in [-0.3, -0.25) is 9.48 Å². The molecule has 0 spiro atoms. The fraction of sp³-hybridized carbons (Fsp3) is 0.625. The lowest BCUT2D eigenvalue weighted by Crippen LogP contribution is -2.54. The molecule has 1 saturated carbocycles. The quantitative estimate of drug-likeness (QED) is 0.814. The molecule has 0 aromatic carbocycles. The molecule has 1 amide bonds. The minimum absolute atomic E-state index is 0.0248. The van der Waals surface area contributed by atoms with Gasteiger partial charge in [-0.1, -0.05) is 19.3 Å². The number of aromatic nitrogens is 2. The van der Waals surface area contributed by atoms with E-state index < -0.39 is 5.54 Å². The topological polar surface area (TPSA) is 67.2 Å². The monoisotopic (exact) mass is 291 g/mol. The molecule has 1 fully saturated rings. The largest absolute Gasteiger partial charge is 0.394 e. The van der Waals surface area contributed by atoms with Gasteiger partial charge >= 0.3 is 0 Å². The average Bonchev–Trinajstić information content (AvgIpc) is 2.91. The van der Waals surface area contributed by atoms with Crippen molar-refractivity contribution in [2.45, 2.75) is 44.6 Å². The number of carbonyl (C=O) groups excluding carboxylic acids is 1. The van der Waals surface area contributed by atoms with E-state index in [9.17, 15) is 9.90 Å². The molecule has 0 radical (unpaired) electrons. The lowest BCUT2D eigenvalue weighted by molar-refractivity contribution is -0.119. The van der Waals surface area contributed by atoms with Crippen molar-refractivity contribution in [2.75, 3.05) is 6.61 Å². The van der Waals surface area contributed by atoms with Crippen molar-refractivity contribution >= 4 is 12.0 Å². The van der Waals surface area contributed by atoms with E-state index >= 15 is 0 Å². The second-order valence-electron chi connectivity index (χ2n) is 6.11. The smallest absolute Gasteiger partial charge is 0.244 e. The number of carbonyl (C=O) groups is 1. The Balaban J connectivity index is 1.98. The Bertz CT molecular complexity index is 503. The number of hydrogen-bond donors (Lipinski definition) is 2. The predicted octanol–water partition coefficient (Wildman–Crippen LogP) is 1.88. The van der Waals surface area contributed by atoms with Crippen molar-refractivity contribution in [1.82, 2.24) is 15.1 Å². The fourth-order valence-corrected chi connectivity index (χ4v) is 3.04. The maximum absolute atomic E-state index is 12.1. The van der Waals surface area contributed by atoms with Gasteiger partial charge in [-0.2, -0.15) is 5.10 Å². The van der Waals surface area contributed by atoms with E-state index in [1.54, 1.807) is 17.0 Å². The molecule has 1 aromatic heterocycles. The molecule has 2 N–H and O–H groups in total. The van der Waals surface area contributed by atoms with Crippen molar-refractivity contribution in [2.24, 2.45) is 13.0 Å². The predicted molar refractivity (Wildman–Crippen MR) is 82.5 cm³/mol. The average molecular weight is 291 g/mol. The Morgan fingerprint density at radius 3 is 2.81 bits per heavy atom. The zero-order valence-corrected chi connectivity index (χ0v) is 12.9. The Hall–Kier alpha value is -1.62. The molecule has 0 saturated heterocycles. The summed E-state index contributed by atoms with van der Waals surface area (Å²) in [6.45, 7) is 1.92. The Labute approximate surface area is 126 Å². The number of aliphatic hydroxyl groups excluding tert-OH is 1. The van der Waals surface area contributed by atoms with E-state index in [2.05, 4.69) is 10.4 Å². The standard InChI is InChI=1S/C16H25N3O2/c1-16(12-20,13-6-4-3-5-7-13)18-15(21)9-8-14-10-11-17-19(14)2/h8-11,13,20H,3-7,12H2,1-2H3,(H,18,21). The molecule has 1 heterocycles. The summed E-state index contributed by atoms with van der Waals surface area (Å²) in [6, 6.07) is 1.84. The number of hydrogen-bond acceptors (Lipinski definition) is 3. The number of amides is 1. The van der Waals surface area contributed by atoms with Crippen LogP contribution >= 0.6 is 0 Å². The summed E-state index contributed by atoms with van der Waals surface area (Å²) in [6.07, 6.45) is 10.7. The van der Waals surface area contributed by atoms with Gasteiger partial charge in [0.2, 0.25) is 5.91 Å². The molecule has 2 rings (SSSR count). The molecular formula is C16H25N3O2. The minimum Gasteiger partial charge on any atom is -0.394 e. The lowest BCUT2D eigenvalue weighted by Gasteiger charge is -2.39. The molecule has 116 valence electrons. The summed E-state index contributed by atoms with van der Waals surface area (Å²) >= 11 is 0. The number of aliphatic hydroxyl groups is 1. The van der Waals surface area contributed by atoms with E-state index in [1.165, 1.54) is 25.3 Å². The Morgan fingerprint density at radius 2 is 2.24 bits per heavy atom. The van der Waals surface area contributed by atoms with Crippen LogP contribution in [0.4, 0.5) is 0 Å². The summed E-state index contributed by atoms with van der Waals surface area (Å²) in [7, 11) is 1.83. The van der Waals surface area contributed by atoms with Crippen LogP contribution in [0.1, 0.15) is 44.7 Å². The van der Waals surface area contributed by atoms with Crippen molar-refractivity contribution in [3.05, 3.63) is 24.0 Å². The molecule has 5 heteroatoms. The van der Waals surface area contributed by atoms with Crippen LogP contribution in [0.3, 0.4) is 0 Å². The van der Waals surface area contributed by atoms with Gasteiger partial charge in [0.15, 0.2) is 0 Å². The summed E-state index contributed by atoms with van der Waals surface area (Å²) in [5, 5.41) is 16.8. The van der Waals surface area contributed by atoms with E-state index in [1.807, 2.05) is 20.0 Å². The molecule has 0 aliphatic heterocycles. The molecule has 1 aromatic rings. The first-order valence-electron chi connectivity index (χ1n) is 7.64. The van der Waals surface area contributed by atoms with Crippen LogP contribution in [0.25, 0.3) is 6.08 Å². The lowest BCUT2D eigenvalue weighted by atomic mass is 9.76. The third-order valence-corrected chi connectivity index (χ3v) is 4.51. The van der Waals surface area contributed by atoms with Crippen LogP contribution in [0.2, 0.25) is 0 Å². The van der Waals surface area contributed by atoms with Crippen LogP contribution in [-0.2, 0) is 11.8 Å². The summed E-state index contributed by atoms with van der Waals surface area (Å²) < 4.78 is 1.70. The zero-order chi connectivity index (χ0) is 15.3. The van der Waals surface area contributed by atoms with Gasteiger partial charge in [0.1, 0.15) is 0 Å². The van der Waals surface area contributed by atoms with Crippen LogP contribution in [0.5, 0.6) is 0 Å². The minimum atomic E-state index is -0.533. The van der Waals surface area contributed by atoms with E-state index in [0.29, 0.717) is 5.92 Å². The molecule has 1 atom stereocenters. The first-order valence-corrected chi connectivity index (χ1v) is 7.64. The molecule has 21 heavy (non-hydrogen) atoms. The van der Waals surface area contributed by atoms with Gasteiger partial charge in [0, 0.05) is 19.3 Å². The SMILES string of the molecule is Cn1nccc1C=CC(=O)NC(C)(CO)C1CCCCC1. The third kappa shape index (κ3) is 3.94. The van der Waals surface area contributed by atoms with Crippen LogP contribution in [-0.4, -0.2) is 32.9 Å². The number of nitrogens with zero attached hydrogens (tertiary/aromatic N) is 2. The van der Waals surface area contributed by atoms with E-state index in [0.717, 1.165) is 18.5 Å². The van der Waals surface area contributed by atoms with Gasteiger partial charge in [0.25, 0.3) is 0 Å². The first kappa shape index (κ1) is 15.8. The van der Waals surface area contributed by atoms with E-state index in [-0.39, 0.29) is 12.5 Å². The Kier molecular flexibility index (Phi) is 5.17. The van der Waals surface area contributed by atoms with Gasteiger partial charge < -0.3 is 10.4 Å². The van der Waals surface area contributed by atoms with Gasteiger partial charge in [-0.05, 0) is 37.8 Å². The maximum atomic E-state index is 12.1. The molecule has 1 aliphatic carbocycles. The number of nitrogens with one attached hydrogen (secondary N) is 1. The molecule has 5 nitrogen and oxygen atoms in total. The molecule has 0 bridgehead atoms.